The fraction of sp³-hybridized carbons (Fsp3) is 0.750. The molecule has 0 spiro atoms. The summed E-state index contributed by atoms with van der Waals surface area (Å²) < 4.78 is 6.12. The van der Waals surface area contributed by atoms with Crippen LogP contribution < -0.4 is 0 Å². The van der Waals surface area contributed by atoms with Crippen LogP contribution in [0.4, 0.5) is 0 Å². The second kappa shape index (κ2) is 7.92. The van der Waals surface area contributed by atoms with Crippen molar-refractivity contribution in [1.29, 1.82) is 0 Å². The Morgan fingerprint density at radius 1 is 1.19 bits per heavy atom. The molecule has 5 fully saturated rings. The SMILES string of the molecule is C=C1/C(=C\C=C2/CCC[C@@]3(C)C2CC[C@@H]3[C@H](C)C2OC2(C)C(=O)C2CC2)C[C@@H](O)C[C@@H]1O. The van der Waals surface area contributed by atoms with Gasteiger partial charge in [-0.05, 0) is 92.6 Å². The Hall–Kier alpha value is -1.23. The molecule has 1 heterocycles. The van der Waals surface area contributed by atoms with Crippen LogP contribution in [0.3, 0.4) is 0 Å². The fourth-order valence-corrected chi connectivity index (χ4v) is 7.61. The van der Waals surface area contributed by atoms with Crippen molar-refractivity contribution in [2.75, 3.05) is 0 Å². The molecule has 0 bridgehead atoms. The van der Waals surface area contributed by atoms with Gasteiger partial charge in [0.1, 0.15) is 0 Å². The molecule has 1 aliphatic heterocycles. The van der Waals surface area contributed by atoms with Crippen LogP contribution in [0.25, 0.3) is 0 Å². The zero-order valence-electron chi connectivity index (χ0n) is 20.0. The number of fused-ring (bicyclic) bond motifs is 1. The molecule has 176 valence electrons. The van der Waals surface area contributed by atoms with Crippen LogP contribution in [0.5, 0.6) is 0 Å². The van der Waals surface area contributed by atoms with E-state index in [-0.39, 0.29) is 17.4 Å². The van der Waals surface area contributed by atoms with Gasteiger partial charge in [-0.2, -0.15) is 0 Å². The minimum atomic E-state index is -0.636. The Morgan fingerprint density at radius 2 is 1.94 bits per heavy atom. The minimum absolute atomic E-state index is 0.0844. The standard InChI is InChI=1S/C28H40O4/c1-16-20(14-21(29)15-24(16)30)10-7-18-6-5-13-27(3)22(11-12-23(18)27)17(2)26-28(4,32-26)25(31)19-8-9-19/h7,10,17,19,21-24,26,29-30H,1,5-6,8-9,11-15H2,2-4H3/b18-7+,20-10-/t17-,21+,22+,23?,24-,26?,27+,28?/m0/s1. The molecule has 1 saturated heterocycles. The van der Waals surface area contributed by atoms with Gasteiger partial charge >= 0.3 is 0 Å². The van der Waals surface area contributed by atoms with E-state index in [1.807, 2.05) is 6.92 Å². The van der Waals surface area contributed by atoms with Crippen LogP contribution in [0.2, 0.25) is 0 Å². The summed E-state index contributed by atoms with van der Waals surface area (Å²) in [6.07, 6.45) is 12.4. The maximum Gasteiger partial charge on any atom is 0.170 e. The van der Waals surface area contributed by atoms with Gasteiger partial charge in [-0.15, -0.1) is 0 Å². The Bertz CT molecular complexity index is 867. The highest BCUT2D eigenvalue weighted by Crippen LogP contribution is 2.62. The van der Waals surface area contributed by atoms with E-state index in [4.69, 9.17) is 4.74 Å². The highest BCUT2D eigenvalue weighted by molar-refractivity contribution is 5.93. The van der Waals surface area contributed by atoms with Gasteiger partial charge < -0.3 is 14.9 Å². The van der Waals surface area contributed by atoms with E-state index in [1.165, 1.54) is 31.3 Å². The summed E-state index contributed by atoms with van der Waals surface area (Å²) in [5.41, 5.74) is 2.97. The van der Waals surface area contributed by atoms with Gasteiger partial charge in [-0.3, -0.25) is 4.79 Å². The molecule has 5 aliphatic rings. The van der Waals surface area contributed by atoms with Gasteiger partial charge in [-0.25, -0.2) is 0 Å². The second-order valence-electron chi connectivity index (χ2n) is 11.8. The third-order valence-corrected chi connectivity index (χ3v) is 9.71. The molecule has 0 aromatic rings. The Kier molecular flexibility index (Phi) is 5.58. The van der Waals surface area contributed by atoms with Gasteiger partial charge in [-0.1, -0.05) is 38.2 Å². The third-order valence-electron chi connectivity index (χ3n) is 9.71. The number of ether oxygens (including phenoxy) is 1. The molecular weight excluding hydrogens is 400 g/mol. The monoisotopic (exact) mass is 440 g/mol. The normalized spacial score (nSPS) is 47.5. The molecule has 3 unspecified atom stereocenters. The van der Waals surface area contributed by atoms with Crippen molar-refractivity contribution in [2.24, 2.45) is 29.1 Å². The maximum absolute atomic E-state index is 12.8. The predicted molar refractivity (Wildman–Crippen MR) is 125 cm³/mol. The van der Waals surface area contributed by atoms with E-state index in [9.17, 15) is 15.0 Å². The van der Waals surface area contributed by atoms with Crippen molar-refractivity contribution in [1.82, 2.24) is 0 Å². The van der Waals surface area contributed by atoms with Crippen molar-refractivity contribution in [3.05, 3.63) is 35.5 Å². The van der Waals surface area contributed by atoms with Crippen molar-refractivity contribution >= 4 is 5.78 Å². The van der Waals surface area contributed by atoms with Gasteiger partial charge in [0.2, 0.25) is 0 Å². The quantitative estimate of drug-likeness (QED) is 0.597. The average molecular weight is 441 g/mol. The lowest BCUT2D eigenvalue weighted by atomic mass is 9.60. The molecule has 5 rings (SSSR count). The summed E-state index contributed by atoms with van der Waals surface area (Å²) in [7, 11) is 0. The molecule has 4 aliphatic carbocycles. The Balaban J connectivity index is 1.32. The molecule has 8 atom stereocenters. The zero-order chi connectivity index (χ0) is 22.8. The maximum atomic E-state index is 12.8. The number of Topliss-reactive ketones (excluding diaryl/α,β-unsaturated/α-hetero) is 1. The van der Waals surface area contributed by atoms with Gasteiger partial charge in [0.25, 0.3) is 0 Å². The van der Waals surface area contributed by atoms with Crippen molar-refractivity contribution in [3.63, 3.8) is 0 Å². The summed E-state index contributed by atoms with van der Waals surface area (Å²) in [4.78, 5) is 12.8. The first-order valence-electron chi connectivity index (χ1n) is 12.8. The molecule has 0 aromatic carbocycles. The fourth-order valence-electron chi connectivity index (χ4n) is 7.61. The van der Waals surface area contributed by atoms with E-state index >= 15 is 0 Å². The van der Waals surface area contributed by atoms with E-state index in [2.05, 4.69) is 32.6 Å². The largest absolute Gasteiger partial charge is 0.393 e. The second-order valence-corrected chi connectivity index (χ2v) is 11.8. The van der Waals surface area contributed by atoms with Crippen molar-refractivity contribution in [3.8, 4) is 0 Å². The van der Waals surface area contributed by atoms with Gasteiger partial charge in [0, 0.05) is 12.3 Å². The lowest BCUT2D eigenvalue weighted by Crippen LogP contribution is -2.39. The van der Waals surface area contributed by atoms with Gasteiger partial charge in [0.15, 0.2) is 11.4 Å². The number of hydrogen-bond acceptors (Lipinski definition) is 4. The van der Waals surface area contributed by atoms with E-state index < -0.39 is 17.8 Å². The zero-order valence-corrected chi connectivity index (χ0v) is 20.0. The lowest BCUT2D eigenvalue weighted by molar-refractivity contribution is -0.124. The van der Waals surface area contributed by atoms with Crippen molar-refractivity contribution in [2.45, 2.75) is 102 Å². The molecular formula is C28H40O4. The highest BCUT2D eigenvalue weighted by Gasteiger charge is 2.65. The predicted octanol–water partition coefficient (Wildman–Crippen LogP) is 4.90. The van der Waals surface area contributed by atoms with Gasteiger partial charge in [0.05, 0.1) is 18.3 Å². The van der Waals surface area contributed by atoms with Crippen LogP contribution in [0.1, 0.15) is 78.6 Å². The highest BCUT2D eigenvalue weighted by atomic mass is 16.6. The Labute approximate surface area is 192 Å². The number of epoxide rings is 1. The number of allylic oxidation sites excluding steroid dienone is 3. The van der Waals surface area contributed by atoms with Crippen LogP contribution >= 0.6 is 0 Å². The summed E-state index contributed by atoms with van der Waals surface area (Å²) in [6.45, 7) is 10.9. The van der Waals surface area contributed by atoms with Crippen molar-refractivity contribution < 1.29 is 19.7 Å². The van der Waals surface area contributed by atoms with Crippen LogP contribution in [0, 0.1) is 29.1 Å². The molecule has 0 radical (unpaired) electrons. The first-order valence-corrected chi connectivity index (χ1v) is 12.8. The summed E-state index contributed by atoms with van der Waals surface area (Å²) >= 11 is 0. The number of ketones is 1. The first-order chi connectivity index (χ1) is 15.1. The van der Waals surface area contributed by atoms with Crippen LogP contribution in [-0.4, -0.2) is 39.9 Å². The molecule has 0 amide bonds. The first kappa shape index (κ1) is 22.6. The topological polar surface area (TPSA) is 70.1 Å². The van der Waals surface area contributed by atoms with Crippen LogP contribution in [-0.2, 0) is 9.53 Å². The number of carbonyl (C=O) groups is 1. The summed E-state index contributed by atoms with van der Waals surface area (Å²) in [5, 5.41) is 20.2. The Morgan fingerprint density at radius 3 is 2.66 bits per heavy atom. The minimum Gasteiger partial charge on any atom is -0.393 e. The number of carbonyl (C=O) groups excluding carboxylic acids is 1. The van der Waals surface area contributed by atoms with E-state index in [0.29, 0.717) is 36.4 Å². The molecule has 32 heavy (non-hydrogen) atoms. The smallest absolute Gasteiger partial charge is 0.170 e. The number of aliphatic hydroxyl groups excluding tert-OH is 2. The molecule has 4 heteroatoms. The molecule has 4 saturated carbocycles. The third kappa shape index (κ3) is 3.67. The molecule has 4 nitrogen and oxygen atoms in total. The molecule has 0 aromatic heterocycles. The summed E-state index contributed by atoms with van der Waals surface area (Å²) in [5.74, 6) is 2.15. The molecule has 2 N–H and O–H groups in total. The van der Waals surface area contributed by atoms with Crippen LogP contribution in [0.15, 0.2) is 35.5 Å². The number of rotatable bonds is 5. The van der Waals surface area contributed by atoms with E-state index in [1.54, 1.807) is 0 Å². The number of hydrogen-bond donors (Lipinski definition) is 2. The summed E-state index contributed by atoms with van der Waals surface area (Å²) in [6, 6.07) is 0. The van der Waals surface area contributed by atoms with E-state index in [0.717, 1.165) is 30.4 Å². The lowest BCUT2D eigenvalue weighted by Gasteiger charge is -2.44. The average Bonchev–Trinajstić information content (AvgIpc) is 3.66. The number of aliphatic hydroxyl groups is 2.